The van der Waals surface area contributed by atoms with Gasteiger partial charge in [0.25, 0.3) is 0 Å². The molecule has 1 aliphatic rings. The smallest absolute Gasteiger partial charge is 0.183 e. The normalized spacial score (nSPS) is 20.8. The molecule has 2 atom stereocenters. The molecule has 1 saturated heterocycles. The molecule has 4 rings (SSSR count). The third-order valence-electron chi connectivity index (χ3n) is 4.95. The Morgan fingerprint density at radius 3 is 2.78 bits per heavy atom. The summed E-state index contributed by atoms with van der Waals surface area (Å²) in [7, 11) is -3.46. The van der Waals surface area contributed by atoms with Crippen LogP contribution >= 0.6 is 11.6 Å². The molecule has 2 unspecified atom stereocenters. The first-order chi connectivity index (χ1) is 12.9. The third kappa shape index (κ3) is 4.00. The SMILES string of the molecule is CC1CC(c2ncc3[nH]c(CS(=O)(=O)c4ccc(Cl)cc4)cc3n2)CCN1. The highest BCUT2D eigenvalue weighted by Gasteiger charge is 2.23. The summed E-state index contributed by atoms with van der Waals surface area (Å²) in [6.45, 7) is 3.13. The fourth-order valence-corrected chi connectivity index (χ4v) is 4.97. The quantitative estimate of drug-likeness (QED) is 0.695. The first-order valence-corrected chi connectivity index (χ1v) is 11.0. The summed E-state index contributed by atoms with van der Waals surface area (Å²) >= 11 is 5.84. The minimum Gasteiger partial charge on any atom is -0.355 e. The Kier molecular flexibility index (Phi) is 4.92. The van der Waals surface area contributed by atoms with Crippen molar-refractivity contribution in [2.75, 3.05) is 6.54 Å². The van der Waals surface area contributed by atoms with E-state index in [0.717, 1.165) is 36.2 Å². The van der Waals surface area contributed by atoms with Crippen LogP contribution in [-0.2, 0) is 15.6 Å². The summed E-state index contributed by atoms with van der Waals surface area (Å²) in [4.78, 5) is 12.6. The molecule has 0 aliphatic carbocycles. The second-order valence-electron chi connectivity index (χ2n) is 7.11. The summed E-state index contributed by atoms with van der Waals surface area (Å²) in [5.41, 5.74) is 2.11. The molecule has 1 aliphatic heterocycles. The number of sulfone groups is 1. The number of fused-ring (bicyclic) bond motifs is 1. The number of hydrogen-bond donors (Lipinski definition) is 2. The third-order valence-corrected chi connectivity index (χ3v) is 6.88. The molecule has 142 valence electrons. The number of nitrogens with zero attached hydrogens (tertiary/aromatic N) is 2. The predicted molar refractivity (Wildman–Crippen MR) is 106 cm³/mol. The van der Waals surface area contributed by atoms with E-state index in [1.54, 1.807) is 24.4 Å². The molecule has 6 nitrogen and oxygen atoms in total. The van der Waals surface area contributed by atoms with E-state index >= 15 is 0 Å². The monoisotopic (exact) mass is 404 g/mol. The first kappa shape index (κ1) is 18.4. The molecule has 0 bridgehead atoms. The van der Waals surface area contributed by atoms with E-state index in [1.165, 1.54) is 12.1 Å². The Morgan fingerprint density at radius 1 is 1.26 bits per heavy atom. The van der Waals surface area contributed by atoms with Gasteiger partial charge in [-0.3, -0.25) is 0 Å². The van der Waals surface area contributed by atoms with Crippen LogP contribution in [0.15, 0.2) is 41.4 Å². The molecule has 0 radical (unpaired) electrons. The van der Waals surface area contributed by atoms with Crippen LogP contribution < -0.4 is 5.32 Å². The van der Waals surface area contributed by atoms with Crippen LogP contribution in [0.1, 0.15) is 37.2 Å². The molecule has 1 aromatic carbocycles. The summed E-state index contributed by atoms with van der Waals surface area (Å²) in [5.74, 6) is 1.05. The fraction of sp³-hybridized carbons (Fsp3) is 0.368. The lowest BCUT2D eigenvalue weighted by atomic mass is 9.92. The van der Waals surface area contributed by atoms with Crippen molar-refractivity contribution in [3.05, 3.63) is 53.1 Å². The number of aromatic nitrogens is 3. The molecule has 1 fully saturated rings. The molecular formula is C19H21ClN4O2S. The highest BCUT2D eigenvalue weighted by molar-refractivity contribution is 7.90. The average Bonchev–Trinajstić information content (AvgIpc) is 3.02. The summed E-state index contributed by atoms with van der Waals surface area (Å²) in [6, 6.07) is 8.47. The van der Waals surface area contributed by atoms with Crippen molar-refractivity contribution in [2.24, 2.45) is 0 Å². The van der Waals surface area contributed by atoms with Gasteiger partial charge in [0.1, 0.15) is 5.82 Å². The molecule has 2 aromatic heterocycles. The number of H-pyrrole nitrogens is 1. The molecule has 27 heavy (non-hydrogen) atoms. The predicted octanol–water partition coefficient (Wildman–Crippen LogP) is 3.44. The van der Waals surface area contributed by atoms with Crippen molar-refractivity contribution in [3.63, 3.8) is 0 Å². The van der Waals surface area contributed by atoms with E-state index < -0.39 is 9.84 Å². The number of aromatic amines is 1. The van der Waals surface area contributed by atoms with Gasteiger partial charge in [-0.05, 0) is 56.6 Å². The summed E-state index contributed by atoms with van der Waals surface area (Å²) < 4.78 is 25.3. The van der Waals surface area contributed by atoms with Crippen LogP contribution in [0.25, 0.3) is 11.0 Å². The lowest BCUT2D eigenvalue weighted by Gasteiger charge is -2.26. The Labute approximate surface area is 163 Å². The lowest BCUT2D eigenvalue weighted by Crippen LogP contribution is -2.35. The van der Waals surface area contributed by atoms with Gasteiger partial charge < -0.3 is 10.3 Å². The van der Waals surface area contributed by atoms with E-state index in [0.29, 0.717) is 22.7 Å². The van der Waals surface area contributed by atoms with Crippen molar-refractivity contribution in [1.82, 2.24) is 20.3 Å². The highest BCUT2D eigenvalue weighted by atomic mass is 35.5. The number of rotatable bonds is 4. The largest absolute Gasteiger partial charge is 0.355 e. The van der Waals surface area contributed by atoms with Gasteiger partial charge in [-0.25, -0.2) is 18.4 Å². The minimum atomic E-state index is -3.46. The fourth-order valence-electron chi connectivity index (χ4n) is 3.56. The molecule has 0 saturated carbocycles. The van der Waals surface area contributed by atoms with Gasteiger partial charge >= 0.3 is 0 Å². The number of nitrogens with one attached hydrogen (secondary N) is 2. The molecular weight excluding hydrogens is 384 g/mol. The van der Waals surface area contributed by atoms with E-state index in [1.807, 2.05) is 0 Å². The zero-order chi connectivity index (χ0) is 19.0. The molecule has 0 spiro atoms. The maximum absolute atomic E-state index is 12.6. The second-order valence-corrected chi connectivity index (χ2v) is 9.54. The maximum Gasteiger partial charge on any atom is 0.183 e. The van der Waals surface area contributed by atoms with Gasteiger partial charge in [-0.2, -0.15) is 0 Å². The summed E-state index contributed by atoms with van der Waals surface area (Å²) in [5, 5.41) is 3.94. The van der Waals surface area contributed by atoms with Crippen molar-refractivity contribution >= 4 is 32.5 Å². The molecule has 2 N–H and O–H groups in total. The number of hydrogen-bond acceptors (Lipinski definition) is 5. The van der Waals surface area contributed by atoms with E-state index in [2.05, 4.69) is 27.2 Å². The first-order valence-electron chi connectivity index (χ1n) is 8.97. The van der Waals surface area contributed by atoms with Crippen molar-refractivity contribution in [1.29, 1.82) is 0 Å². The van der Waals surface area contributed by atoms with Crippen LogP contribution in [0.3, 0.4) is 0 Å². The van der Waals surface area contributed by atoms with Crippen LogP contribution in [0, 0.1) is 0 Å². The van der Waals surface area contributed by atoms with E-state index in [-0.39, 0.29) is 10.6 Å². The number of piperidine rings is 1. The van der Waals surface area contributed by atoms with Gasteiger partial charge in [-0.1, -0.05) is 11.6 Å². The lowest BCUT2D eigenvalue weighted by molar-refractivity contribution is 0.371. The van der Waals surface area contributed by atoms with Crippen LogP contribution in [0.4, 0.5) is 0 Å². The highest BCUT2D eigenvalue weighted by Crippen LogP contribution is 2.27. The number of benzene rings is 1. The average molecular weight is 405 g/mol. The topological polar surface area (TPSA) is 87.7 Å². The van der Waals surface area contributed by atoms with Crippen molar-refractivity contribution in [2.45, 2.75) is 42.4 Å². The molecule has 3 aromatic rings. The zero-order valence-corrected chi connectivity index (χ0v) is 16.5. The van der Waals surface area contributed by atoms with Gasteiger partial charge in [0.15, 0.2) is 9.84 Å². The Bertz CT molecular complexity index is 1060. The van der Waals surface area contributed by atoms with Gasteiger partial charge in [0.2, 0.25) is 0 Å². The maximum atomic E-state index is 12.6. The minimum absolute atomic E-state index is 0.120. The second kappa shape index (κ2) is 7.22. The Hall–Kier alpha value is -1.96. The van der Waals surface area contributed by atoms with Crippen LogP contribution in [0.5, 0.6) is 0 Å². The number of halogens is 1. The van der Waals surface area contributed by atoms with E-state index in [4.69, 9.17) is 11.6 Å². The molecule has 3 heterocycles. The van der Waals surface area contributed by atoms with Crippen molar-refractivity contribution in [3.8, 4) is 0 Å². The zero-order valence-electron chi connectivity index (χ0n) is 14.9. The van der Waals surface area contributed by atoms with Gasteiger partial charge in [-0.15, -0.1) is 0 Å². The Morgan fingerprint density at radius 2 is 2.04 bits per heavy atom. The van der Waals surface area contributed by atoms with Crippen LogP contribution in [-0.4, -0.2) is 36.0 Å². The molecule has 8 heteroatoms. The van der Waals surface area contributed by atoms with Crippen LogP contribution in [0.2, 0.25) is 5.02 Å². The Balaban J connectivity index is 1.59. The van der Waals surface area contributed by atoms with Gasteiger partial charge in [0.05, 0.1) is 27.9 Å². The van der Waals surface area contributed by atoms with E-state index in [9.17, 15) is 8.42 Å². The van der Waals surface area contributed by atoms with Gasteiger partial charge in [0, 0.05) is 22.7 Å². The van der Waals surface area contributed by atoms with Crippen molar-refractivity contribution < 1.29 is 8.42 Å². The standard InChI is InChI=1S/C19H21ClN4O2S/c1-12-8-13(6-7-21-12)19-22-10-18-17(24-19)9-15(23-18)11-27(25,26)16-4-2-14(20)3-5-16/h2-5,9-10,12-13,21,23H,6-8,11H2,1H3. The molecule has 0 amide bonds. The summed E-state index contributed by atoms with van der Waals surface area (Å²) in [6.07, 6.45) is 3.77.